The number of thioether (sulfide) groups is 1. The van der Waals surface area contributed by atoms with Crippen LogP contribution in [0.3, 0.4) is 0 Å². The van der Waals surface area contributed by atoms with Gasteiger partial charge in [0.2, 0.25) is 5.91 Å². The standard InChI is InChI=1S/C15H16ClF3N4OS/c1-23-14(25-7-8-2-4-9(16)5-3-8)12(10(20)6-11(21)24)13(22-23)15(17,18)19/h2-5,10H,6-7,20H2,1H3,(H2,21,24). The number of aryl methyl sites for hydroxylation is 1. The van der Waals surface area contributed by atoms with E-state index in [2.05, 4.69) is 5.10 Å². The van der Waals surface area contributed by atoms with E-state index in [1.807, 2.05) is 0 Å². The van der Waals surface area contributed by atoms with Gasteiger partial charge < -0.3 is 11.5 Å². The van der Waals surface area contributed by atoms with E-state index in [4.69, 9.17) is 23.1 Å². The quantitative estimate of drug-likeness (QED) is 0.739. The zero-order valence-electron chi connectivity index (χ0n) is 13.2. The van der Waals surface area contributed by atoms with Crippen LogP contribution >= 0.6 is 23.4 Å². The molecule has 4 N–H and O–H groups in total. The second-order valence-electron chi connectivity index (χ2n) is 5.38. The lowest BCUT2D eigenvalue weighted by Gasteiger charge is -2.14. The molecule has 1 amide bonds. The van der Waals surface area contributed by atoms with Crippen LogP contribution in [-0.2, 0) is 23.8 Å². The molecule has 2 rings (SSSR count). The van der Waals surface area contributed by atoms with Crippen LogP contribution in [0.15, 0.2) is 29.3 Å². The normalized spacial score (nSPS) is 13.0. The van der Waals surface area contributed by atoms with Crippen molar-refractivity contribution >= 4 is 29.3 Å². The Morgan fingerprint density at radius 1 is 1.36 bits per heavy atom. The fourth-order valence-electron chi connectivity index (χ4n) is 2.29. The molecule has 0 radical (unpaired) electrons. The molecule has 1 aromatic heterocycles. The monoisotopic (exact) mass is 392 g/mol. The summed E-state index contributed by atoms with van der Waals surface area (Å²) < 4.78 is 41.0. The van der Waals surface area contributed by atoms with Crippen molar-refractivity contribution in [3.8, 4) is 0 Å². The summed E-state index contributed by atoms with van der Waals surface area (Å²) >= 11 is 6.97. The summed E-state index contributed by atoms with van der Waals surface area (Å²) in [6.45, 7) is 0. The first-order valence-corrected chi connectivity index (χ1v) is 8.51. The number of halogens is 4. The Kier molecular flexibility index (Phi) is 6.02. The molecule has 0 saturated heterocycles. The third-order valence-corrected chi connectivity index (χ3v) is 4.87. The molecular formula is C15H16ClF3N4OS. The van der Waals surface area contributed by atoms with Gasteiger partial charge in [-0.2, -0.15) is 18.3 Å². The van der Waals surface area contributed by atoms with Gasteiger partial charge in [-0.05, 0) is 17.7 Å². The van der Waals surface area contributed by atoms with Crippen LogP contribution in [0.2, 0.25) is 5.02 Å². The number of primary amides is 1. The topological polar surface area (TPSA) is 86.9 Å². The molecule has 0 spiro atoms. The van der Waals surface area contributed by atoms with E-state index in [1.54, 1.807) is 24.3 Å². The van der Waals surface area contributed by atoms with Gasteiger partial charge in [0.1, 0.15) is 0 Å². The molecule has 0 aliphatic rings. The van der Waals surface area contributed by atoms with Gasteiger partial charge in [0.05, 0.1) is 5.03 Å². The molecule has 1 heterocycles. The molecule has 10 heteroatoms. The number of hydrogen-bond acceptors (Lipinski definition) is 4. The number of aromatic nitrogens is 2. The molecule has 5 nitrogen and oxygen atoms in total. The van der Waals surface area contributed by atoms with Crippen LogP contribution in [0.25, 0.3) is 0 Å². The predicted molar refractivity (Wildman–Crippen MR) is 90.0 cm³/mol. The Balaban J connectivity index is 2.36. The second kappa shape index (κ2) is 7.67. The SMILES string of the molecule is Cn1nc(C(F)(F)F)c(C(N)CC(N)=O)c1SCc1ccc(Cl)cc1. The van der Waals surface area contributed by atoms with Gasteiger partial charge in [-0.25, -0.2) is 0 Å². The van der Waals surface area contributed by atoms with E-state index in [1.165, 1.54) is 7.05 Å². The van der Waals surface area contributed by atoms with Crippen LogP contribution in [0, 0.1) is 0 Å². The second-order valence-corrected chi connectivity index (χ2v) is 6.78. The Labute approximate surface area is 151 Å². The van der Waals surface area contributed by atoms with E-state index in [9.17, 15) is 18.0 Å². The summed E-state index contributed by atoms with van der Waals surface area (Å²) in [5.41, 5.74) is 10.5. The summed E-state index contributed by atoms with van der Waals surface area (Å²) in [6.07, 6.45) is -5.08. The van der Waals surface area contributed by atoms with Crippen molar-refractivity contribution in [1.29, 1.82) is 0 Å². The fraction of sp³-hybridized carbons (Fsp3) is 0.333. The third-order valence-electron chi connectivity index (χ3n) is 3.38. The maximum absolute atomic E-state index is 13.3. The molecular weight excluding hydrogens is 377 g/mol. The Bertz CT molecular complexity index is 761. The highest BCUT2D eigenvalue weighted by atomic mass is 35.5. The molecule has 2 aromatic rings. The van der Waals surface area contributed by atoms with Gasteiger partial charge in [-0.15, -0.1) is 11.8 Å². The average Bonchev–Trinajstić information content (AvgIpc) is 2.83. The van der Waals surface area contributed by atoms with E-state index in [-0.39, 0.29) is 10.6 Å². The maximum Gasteiger partial charge on any atom is 0.435 e. The van der Waals surface area contributed by atoms with Gasteiger partial charge in [0.15, 0.2) is 5.69 Å². The highest BCUT2D eigenvalue weighted by Gasteiger charge is 2.40. The van der Waals surface area contributed by atoms with Crippen LogP contribution in [0.5, 0.6) is 0 Å². The largest absolute Gasteiger partial charge is 0.435 e. The first-order chi connectivity index (χ1) is 11.6. The number of carbonyl (C=O) groups is 1. The first-order valence-electron chi connectivity index (χ1n) is 7.14. The summed E-state index contributed by atoms with van der Waals surface area (Å²) in [6, 6.07) is 5.76. The van der Waals surface area contributed by atoms with Crippen molar-refractivity contribution in [2.75, 3.05) is 0 Å². The summed E-state index contributed by atoms with van der Waals surface area (Å²) in [5, 5.41) is 4.37. The minimum Gasteiger partial charge on any atom is -0.370 e. The minimum atomic E-state index is -4.68. The van der Waals surface area contributed by atoms with Gasteiger partial charge in [-0.3, -0.25) is 9.48 Å². The van der Waals surface area contributed by atoms with Crippen molar-refractivity contribution < 1.29 is 18.0 Å². The molecule has 0 fully saturated rings. The highest BCUT2D eigenvalue weighted by Crippen LogP contribution is 2.40. The molecule has 0 bridgehead atoms. The number of carbonyl (C=O) groups excluding carboxylic acids is 1. The molecule has 136 valence electrons. The Morgan fingerprint density at radius 3 is 2.48 bits per heavy atom. The molecule has 1 unspecified atom stereocenters. The van der Waals surface area contributed by atoms with Crippen molar-refractivity contribution in [2.45, 2.75) is 29.4 Å². The molecule has 1 atom stereocenters. The number of rotatable bonds is 6. The van der Waals surface area contributed by atoms with Crippen LogP contribution in [0.1, 0.15) is 29.3 Å². The van der Waals surface area contributed by atoms with E-state index < -0.39 is 30.2 Å². The zero-order valence-corrected chi connectivity index (χ0v) is 14.8. The average molecular weight is 393 g/mol. The Morgan fingerprint density at radius 2 is 1.96 bits per heavy atom. The summed E-state index contributed by atoms with van der Waals surface area (Å²) in [5.74, 6) is -0.386. The fourth-order valence-corrected chi connectivity index (χ4v) is 3.54. The molecule has 1 aromatic carbocycles. The van der Waals surface area contributed by atoms with E-state index >= 15 is 0 Å². The van der Waals surface area contributed by atoms with Crippen molar-refractivity contribution in [3.63, 3.8) is 0 Å². The number of nitrogens with zero attached hydrogens (tertiary/aromatic N) is 2. The molecule has 0 saturated carbocycles. The number of amides is 1. The third kappa shape index (κ3) is 4.90. The van der Waals surface area contributed by atoms with Crippen molar-refractivity contribution in [2.24, 2.45) is 18.5 Å². The zero-order chi connectivity index (χ0) is 18.8. The molecule has 0 aliphatic heterocycles. The minimum absolute atomic E-state index is 0.215. The number of hydrogen-bond donors (Lipinski definition) is 2. The first kappa shape index (κ1) is 19.6. The lowest BCUT2D eigenvalue weighted by molar-refractivity contribution is -0.142. The summed E-state index contributed by atoms with van der Waals surface area (Å²) in [4.78, 5) is 11.1. The van der Waals surface area contributed by atoms with Gasteiger partial charge >= 0.3 is 6.18 Å². The lowest BCUT2D eigenvalue weighted by Crippen LogP contribution is -2.23. The summed E-state index contributed by atoms with van der Waals surface area (Å²) in [7, 11) is 1.40. The Hall–Kier alpha value is -1.71. The smallest absolute Gasteiger partial charge is 0.370 e. The number of nitrogens with two attached hydrogens (primary N) is 2. The molecule has 0 aliphatic carbocycles. The van der Waals surface area contributed by atoms with Crippen LogP contribution in [0.4, 0.5) is 13.2 Å². The van der Waals surface area contributed by atoms with Crippen LogP contribution < -0.4 is 11.5 Å². The highest BCUT2D eigenvalue weighted by molar-refractivity contribution is 7.98. The maximum atomic E-state index is 13.3. The van der Waals surface area contributed by atoms with E-state index in [0.29, 0.717) is 10.8 Å². The van der Waals surface area contributed by atoms with Crippen molar-refractivity contribution in [3.05, 3.63) is 46.1 Å². The van der Waals surface area contributed by atoms with Gasteiger partial charge in [-0.1, -0.05) is 23.7 Å². The van der Waals surface area contributed by atoms with Gasteiger partial charge in [0, 0.05) is 35.8 Å². The van der Waals surface area contributed by atoms with Gasteiger partial charge in [0.25, 0.3) is 0 Å². The molecule has 25 heavy (non-hydrogen) atoms. The predicted octanol–water partition coefficient (Wildman–Crippen LogP) is 3.26. The lowest BCUT2D eigenvalue weighted by atomic mass is 10.0. The number of benzene rings is 1. The van der Waals surface area contributed by atoms with E-state index in [0.717, 1.165) is 22.0 Å². The van der Waals surface area contributed by atoms with Crippen LogP contribution in [-0.4, -0.2) is 15.7 Å². The van der Waals surface area contributed by atoms with Crippen molar-refractivity contribution in [1.82, 2.24) is 9.78 Å². The number of alkyl halides is 3.